The van der Waals surface area contributed by atoms with Crippen LogP contribution < -0.4 is 21.3 Å². The molecule has 6 heteroatoms. The maximum absolute atomic E-state index is 13.3. The highest BCUT2D eigenvalue weighted by atomic mass is 19.1. The lowest BCUT2D eigenvalue weighted by atomic mass is 9.97. The second-order valence-electron chi connectivity index (χ2n) is 7.77. The summed E-state index contributed by atoms with van der Waals surface area (Å²) in [5, 5.41) is 6.94. The molecule has 0 aliphatic carbocycles. The number of rotatable bonds is 7. The molecule has 2 heterocycles. The number of benzene rings is 2. The molecule has 0 fully saturated rings. The van der Waals surface area contributed by atoms with Crippen LogP contribution in [0.1, 0.15) is 23.6 Å². The molecule has 5 nitrogen and oxygen atoms in total. The second-order valence-corrected chi connectivity index (χ2v) is 7.77. The molecule has 4 rings (SSSR count). The van der Waals surface area contributed by atoms with Gasteiger partial charge in [0.15, 0.2) is 0 Å². The van der Waals surface area contributed by atoms with Crippen molar-refractivity contribution < 1.29 is 4.39 Å². The van der Waals surface area contributed by atoms with Gasteiger partial charge in [-0.2, -0.15) is 0 Å². The molecule has 160 valence electrons. The molecule has 31 heavy (non-hydrogen) atoms. The Hall–Kier alpha value is -3.54. The lowest BCUT2D eigenvalue weighted by Gasteiger charge is -2.37. The standard InChI is InChI=1S/C25H28FN5/c1-3-21-22(28-4-2)14-24(27)30-25(21)29-20-13-18-7-5-6-8-23(18)31(16-20)15-17-9-11-19(26)12-10-17/h3,5-12,14,20H,1,4,13,15-16H2,2H3,(H4,27,28,29,30). The minimum absolute atomic E-state index is 0.137. The molecule has 0 saturated heterocycles. The van der Waals surface area contributed by atoms with E-state index in [0.29, 0.717) is 12.4 Å². The third-order valence-corrected chi connectivity index (χ3v) is 5.52. The van der Waals surface area contributed by atoms with Crippen molar-refractivity contribution in [2.45, 2.75) is 25.9 Å². The van der Waals surface area contributed by atoms with Crippen molar-refractivity contribution in [3.8, 4) is 0 Å². The summed E-state index contributed by atoms with van der Waals surface area (Å²) in [6, 6.07) is 17.1. The van der Waals surface area contributed by atoms with Crippen molar-refractivity contribution >= 4 is 29.1 Å². The zero-order chi connectivity index (χ0) is 21.8. The maximum Gasteiger partial charge on any atom is 0.138 e. The van der Waals surface area contributed by atoms with Gasteiger partial charge >= 0.3 is 0 Å². The lowest BCUT2D eigenvalue weighted by molar-refractivity contribution is 0.619. The van der Waals surface area contributed by atoms with E-state index < -0.39 is 0 Å². The van der Waals surface area contributed by atoms with Crippen LogP contribution in [0.5, 0.6) is 0 Å². The minimum Gasteiger partial charge on any atom is -0.385 e. The molecule has 1 aromatic heterocycles. The normalized spacial score (nSPS) is 15.3. The van der Waals surface area contributed by atoms with Crippen molar-refractivity contribution in [3.63, 3.8) is 0 Å². The van der Waals surface area contributed by atoms with Crippen LogP contribution >= 0.6 is 0 Å². The number of nitrogens with one attached hydrogen (secondary N) is 2. The number of nitrogen functional groups attached to an aromatic ring is 1. The Morgan fingerprint density at radius 2 is 2.00 bits per heavy atom. The second kappa shape index (κ2) is 9.08. The Balaban J connectivity index is 1.62. The Bertz CT molecular complexity index is 1060. The van der Waals surface area contributed by atoms with Gasteiger partial charge in [0.1, 0.15) is 17.5 Å². The smallest absolute Gasteiger partial charge is 0.138 e. The molecular weight excluding hydrogens is 389 g/mol. The Morgan fingerprint density at radius 3 is 2.74 bits per heavy atom. The average molecular weight is 418 g/mol. The van der Waals surface area contributed by atoms with Gasteiger partial charge in [0, 0.05) is 48.7 Å². The first-order valence-corrected chi connectivity index (χ1v) is 10.6. The van der Waals surface area contributed by atoms with Gasteiger partial charge in [0.05, 0.1) is 0 Å². The lowest BCUT2D eigenvalue weighted by Crippen LogP contribution is -2.42. The van der Waals surface area contributed by atoms with E-state index in [2.05, 4.69) is 51.4 Å². The largest absolute Gasteiger partial charge is 0.385 e. The molecule has 0 radical (unpaired) electrons. The van der Waals surface area contributed by atoms with Crippen molar-refractivity contribution in [1.29, 1.82) is 0 Å². The van der Waals surface area contributed by atoms with E-state index in [1.165, 1.54) is 23.4 Å². The molecule has 0 spiro atoms. The molecule has 1 aliphatic rings. The third-order valence-electron chi connectivity index (χ3n) is 5.52. The first-order valence-electron chi connectivity index (χ1n) is 10.6. The molecule has 0 amide bonds. The highest BCUT2D eigenvalue weighted by Gasteiger charge is 2.25. The first-order chi connectivity index (χ1) is 15.1. The van der Waals surface area contributed by atoms with Gasteiger partial charge in [-0.3, -0.25) is 0 Å². The topological polar surface area (TPSA) is 66.2 Å². The monoisotopic (exact) mass is 417 g/mol. The van der Waals surface area contributed by atoms with Crippen molar-refractivity contribution in [2.75, 3.05) is 34.4 Å². The number of hydrogen-bond donors (Lipinski definition) is 3. The quantitative estimate of drug-likeness (QED) is 0.509. The van der Waals surface area contributed by atoms with Crippen LogP contribution in [0, 0.1) is 5.82 Å². The predicted molar refractivity (Wildman–Crippen MR) is 128 cm³/mol. The zero-order valence-corrected chi connectivity index (χ0v) is 17.7. The number of anilines is 4. The zero-order valence-electron chi connectivity index (χ0n) is 17.7. The van der Waals surface area contributed by atoms with Crippen LogP contribution in [-0.4, -0.2) is 24.1 Å². The highest BCUT2D eigenvalue weighted by Crippen LogP contribution is 2.32. The summed E-state index contributed by atoms with van der Waals surface area (Å²) < 4.78 is 13.3. The summed E-state index contributed by atoms with van der Waals surface area (Å²) in [5.41, 5.74) is 11.5. The van der Waals surface area contributed by atoms with Crippen LogP contribution in [0.4, 0.5) is 27.4 Å². The fraction of sp³-hybridized carbons (Fsp3) is 0.240. The van der Waals surface area contributed by atoms with E-state index in [0.717, 1.165) is 42.1 Å². The van der Waals surface area contributed by atoms with E-state index in [4.69, 9.17) is 5.73 Å². The Labute approximate surface area is 182 Å². The molecule has 1 unspecified atom stereocenters. The molecule has 1 aliphatic heterocycles. The van der Waals surface area contributed by atoms with Crippen LogP contribution in [0.15, 0.2) is 61.2 Å². The Morgan fingerprint density at radius 1 is 1.23 bits per heavy atom. The molecule has 0 saturated carbocycles. The number of hydrogen-bond acceptors (Lipinski definition) is 5. The molecular formula is C25H28FN5. The molecule has 4 N–H and O–H groups in total. The summed E-state index contributed by atoms with van der Waals surface area (Å²) in [7, 11) is 0. The van der Waals surface area contributed by atoms with Crippen LogP contribution in [0.25, 0.3) is 6.08 Å². The number of halogens is 1. The van der Waals surface area contributed by atoms with E-state index in [9.17, 15) is 4.39 Å². The molecule has 2 aromatic carbocycles. The highest BCUT2D eigenvalue weighted by molar-refractivity contribution is 5.78. The van der Waals surface area contributed by atoms with Crippen molar-refractivity contribution in [1.82, 2.24) is 4.98 Å². The van der Waals surface area contributed by atoms with E-state index >= 15 is 0 Å². The number of para-hydroxylation sites is 1. The van der Waals surface area contributed by atoms with E-state index in [1.54, 1.807) is 6.08 Å². The summed E-state index contributed by atoms with van der Waals surface area (Å²) in [4.78, 5) is 6.88. The third kappa shape index (κ3) is 4.63. The van der Waals surface area contributed by atoms with Gasteiger partial charge < -0.3 is 21.3 Å². The van der Waals surface area contributed by atoms with Crippen LogP contribution in [-0.2, 0) is 13.0 Å². The van der Waals surface area contributed by atoms with Gasteiger partial charge in [-0.25, -0.2) is 9.37 Å². The summed E-state index contributed by atoms with van der Waals surface area (Å²) in [5.74, 6) is 0.976. The number of nitrogens with zero attached hydrogens (tertiary/aromatic N) is 2. The number of pyridine rings is 1. The van der Waals surface area contributed by atoms with Crippen molar-refractivity contribution in [3.05, 3.63) is 83.7 Å². The van der Waals surface area contributed by atoms with Gasteiger partial charge in [-0.15, -0.1) is 0 Å². The van der Waals surface area contributed by atoms with Crippen LogP contribution in [0.2, 0.25) is 0 Å². The Kier molecular flexibility index (Phi) is 6.07. The van der Waals surface area contributed by atoms with E-state index in [-0.39, 0.29) is 11.9 Å². The van der Waals surface area contributed by atoms with Gasteiger partial charge in [0.2, 0.25) is 0 Å². The summed E-state index contributed by atoms with van der Waals surface area (Å²) in [6.07, 6.45) is 2.68. The average Bonchev–Trinajstić information content (AvgIpc) is 2.75. The van der Waals surface area contributed by atoms with Crippen LogP contribution in [0.3, 0.4) is 0 Å². The predicted octanol–water partition coefficient (Wildman–Crippen LogP) is 4.92. The number of aromatic nitrogens is 1. The first kappa shape index (κ1) is 20.7. The van der Waals surface area contributed by atoms with Crippen molar-refractivity contribution in [2.24, 2.45) is 0 Å². The SMILES string of the molecule is C=Cc1c(NCC)cc(N)nc1NC1Cc2ccccc2N(Cc2ccc(F)cc2)C1. The molecule has 3 aromatic rings. The summed E-state index contributed by atoms with van der Waals surface area (Å²) in [6.45, 7) is 8.29. The molecule has 0 bridgehead atoms. The maximum atomic E-state index is 13.3. The van der Waals surface area contributed by atoms with E-state index in [1.807, 2.05) is 25.1 Å². The fourth-order valence-electron chi connectivity index (χ4n) is 4.16. The fourth-order valence-corrected chi connectivity index (χ4v) is 4.16. The minimum atomic E-state index is -0.219. The van der Waals surface area contributed by atoms with Gasteiger partial charge in [0.25, 0.3) is 0 Å². The molecule has 1 atom stereocenters. The number of nitrogens with two attached hydrogens (primary N) is 1. The van der Waals surface area contributed by atoms with Gasteiger partial charge in [-0.1, -0.05) is 43.0 Å². The van der Waals surface area contributed by atoms with Gasteiger partial charge in [-0.05, 0) is 42.7 Å². The summed E-state index contributed by atoms with van der Waals surface area (Å²) >= 11 is 0. The number of fused-ring (bicyclic) bond motifs is 1.